The monoisotopic (exact) mass is 203 g/mol. The number of hydrogen-bond acceptors (Lipinski definition) is 4. The van der Waals surface area contributed by atoms with E-state index < -0.39 is 5.60 Å². The van der Waals surface area contributed by atoms with Gasteiger partial charge < -0.3 is 20.3 Å². The van der Waals surface area contributed by atoms with Crippen LogP contribution in [0.25, 0.3) is 0 Å². The van der Waals surface area contributed by atoms with E-state index in [4.69, 9.17) is 9.84 Å². The smallest absolute Gasteiger partial charge is 0.102 e. The molecule has 14 heavy (non-hydrogen) atoms. The molecule has 0 bridgehead atoms. The highest BCUT2D eigenvalue weighted by atomic mass is 16.5. The molecule has 1 aliphatic rings. The molecule has 4 nitrogen and oxygen atoms in total. The summed E-state index contributed by atoms with van der Waals surface area (Å²) < 4.78 is 5.13. The summed E-state index contributed by atoms with van der Waals surface area (Å²) in [6, 6.07) is 0. The van der Waals surface area contributed by atoms with E-state index in [-0.39, 0.29) is 6.61 Å². The highest BCUT2D eigenvalue weighted by molar-refractivity contribution is 4.84. The number of aliphatic hydroxyl groups is 2. The van der Waals surface area contributed by atoms with E-state index in [0.29, 0.717) is 19.8 Å². The molecule has 0 amide bonds. The molecule has 0 spiro atoms. The van der Waals surface area contributed by atoms with Crippen molar-refractivity contribution in [1.29, 1.82) is 0 Å². The highest BCUT2D eigenvalue weighted by Gasteiger charge is 2.31. The second-order valence-corrected chi connectivity index (χ2v) is 3.99. The van der Waals surface area contributed by atoms with E-state index in [1.807, 2.05) is 0 Å². The Morgan fingerprint density at radius 1 is 1.29 bits per heavy atom. The summed E-state index contributed by atoms with van der Waals surface area (Å²) in [5, 5.41) is 21.6. The molecule has 1 rings (SSSR count). The Kier molecular flexibility index (Phi) is 5.40. The minimum Gasteiger partial charge on any atom is -0.396 e. The first kappa shape index (κ1) is 11.9. The van der Waals surface area contributed by atoms with Crippen LogP contribution in [0.5, 0.6) is 0 Å². The predicted octanol–water partition coefficient (Wildman–Crippen LogP) is -0.110. The van der Waals surface area contributed by atoms with Crippen molar-refractivity contribution < 1.29 is 14.9 Å². The Bertz CT molecular complexity index is 146. The molecule has 84 valence electrons. The molecule has 3 N–H and O–H groups in total. The molecular formula is C10H21NO3. The second-order valence-electron chi connectivity index (χ2n) is 3.99. The van der Waals surface area contributed by atoms with E-state index in [2.05, 4.69) is 5.32 Å². The molecule has 1 saturated heterocycles. The number of unbranched alkanes of at least 4 members (excludes halogenated alkanes) is 2. The molecule has 1 aliphatic heterocycles. The van der Waals surface area contributed by atoms with Gasteiger partial charge in [0.1, 0.15) is 5.60 Å². The molecule has 0 aromatic heterocycles. The maximum Gasteiger partial charge on any atom is 0.102 e. The molecule has 1 fully saturated rings. The van der Waals surface area contributed by atoms with Crippen molar-refractivity contribution in [3.05, 3.63) is 0 Å². The van der Waals surface area contributed by atoms with Gasteiger partial charge in [-0.15, -0.1) is 0 Å². The summed E-state index contributed by atoms with van der Waals surface area (Å²) in [6.45, 7) is 2.92. The van der Waals surface area contributed by atoms with Gasteiger partial charge in [-0.25, -0.2) is 0 Å². The third-order valence-electron chi connectivity index (χ3n) is 2.55. The maximum atomic E-state index is 9.87. The van der Waals surface area contributed by atoms with Gasteiger partial charge in [-0.3, -0.25) is 0 Å². The van der Waals surface area contributed by atoms with Crippen LogP contribution in [0.2, 0.25) is 0 Å². The summed E-state index contributed by atoms with van der Waals surface area (Å²) in [5.74, 6) is 0. The first-order valence-electron chi connectivity index (χ1n) is 5.38. The third kappa shape index (κ3) is 4.37. The van der Waals surface area contributed by atoms with Crippen LogP contribution in [0, 0.1) is 0 Å². The Labute approximate surface area is 85.3 Å². The molecule has 1 heterocycles. The van der Waals surface area contributed by atoms with E-state index >= 15 is 0 Å². The van der Waals surface area contributed by atoms with Gasteiger partial charge in [0.05, 0.1) is 6.61 Å². The van der Waals surface area contributed by atoms with Gasteiger partial charge >= 0.3 is 0 Å². The lowest BCUT2D eigenvalue weighted by molar-refractivity contribution is 0.0272. The van der Waals surface area contributed by atoms with Crippen LogP contribution in [-0.4, -0.2) is 48.7 Å². The van der Waals surface area contributed by atoms with Crippen LogP contribution in [0.3, 0.4) is 0 Å². The Morgan fingerprint density at radius 3 is 2.79 bits per heavy atom. The van der Waals surface area contributed by atoms with Crippen molar-refractivity contribution in [1.82, 2.24) is 5.32 Å². The van der Waals surface area contributed by atoms with Gasteiger partial charge in [-0.05, 0) is 25.8 Å². The number of ether oxygens (including phenoxy) is 1. The lowest BCUT2D eigenvalue weighted by Crippen LogP contribution is -2.41. The van der Waals surface area contributed by atoms with E-state index in [1.54, 1.807) is 0 Å². The van der Waals surface area contributed by atoms with Gasteiger partial charge in [0.15, 0.2) is 0 Å². The number of aliphatic hydroxyl groups excluding tert-OH is 1. The number of nitrogens with one attached hydrogen (secondary N) is 1. The summed E-state index contributed by atoms with van der Waals surface area (Å²) in [4.78, 5) is 0. The summed E-state index contributed by atoms with van der Waals surface area (Å²) >= 11 is 0. The fourth-order valence-electron chi connectivity index (χ4n) is 1.60. The zero-order valence-electron chi connectivity index (χ0n) is 8.67. The van der Waals surface area contributed by atoms with E-state index in [1.165, 1.54) is 0 Å². The topological polar surface area (TPSA) is 61.7 Å². The van der Waals surface area contributed by atoms with Crippen molar-refractivity contribution in [3.63, 3.8) is 0 Å². The summed E-state index contributed by atoms with van der Waals surface area (Å²) in [6.07, 6.45) is 3.70. The average Bonchev–Trinajstić information content (AvgIpc) is 2.59. The molecule has 0 aromatic carbocycles. The van der Waals surface area contributed by atoms with Gasteiger partial charge in [-0.1, -0.05) is 0 Å². The number of hydrogen-bond donors (Lipinski definition) is 3. The first-order chi connectivity index (χ1) is 6.77. The third-order valence-corrected chi connectivity index (χ3v) is 2.55. The number of rotatable bonds is 7. The van der Waals surface area contributed by atoms with Crippen molar-refractivity contribution in [2.24, 2.45) is 0 Å². The van der Waals surface area contributed by atoms with Gasteiger partial charge in [0.25, 0.3) is 0 Å². The first-order valence-corrected chi connectivity index (χ1v) is 5.38. The second kappa shape index (κ2) is 6.35. The fraction of sp³-hybridized carbons (Fsp3) is 1.00. The van der Waals surface area contributed by atoms with Crippen molar-refractivity contribution in [2.75, 3.05) is 32.9 Å². The molecule has 0 aromatic rings. The van der Waals surface area contributed by atoms with E-state index in [9.17, 15) is 5.11 Å². The zero-order chi connectivity index (χ0) is 10.3. The fourth-order valence-corrected chi connectivity index (χ4v) is 1.60. The molecule has 4 heteroatoms. The minimum absolute atomic E-state index is 0.276. The SMILES string of the molecule is OCCCCCNCC1(O)CCOC1. The largest absolute Gasteiger partial charge is 0.396 e. The minimum atomic E-state index is -0.642. The zero-order valence-corrected chi connectivity index (χ0v) is 8.67. The van der Waals surface area contributed by atoms with Crippen molar-refractivity contribution >= 4 is 0 Å². The standard InChI is InChI=1S/C10H21NO3/c12-6-3-1-2-5-11-8-10(13)4-7-14-9-10/h11-13H,1-9H2. The van der Waals surface area contributed by atoms with Crippen LogP contribution in [0.15, 0.2) is 0 Å². The van der Waals surface area contributed by atoms with E-state index in [0.717, 1.165) is 32.2 Å². The van der Waals surface area contributed by atoms with Crippen LogP contribution in [-0.2, 0) is 4.74 Å². The molecule has 1 atom stereocenters. The maximum absolute atomic E-state index is 9.87. The van der Waals surface area contributed by atoms with Crippen molar-refractivity contribution in [2.45, 2.75) is 31.3 Å². The lowest BCUT2D eigenvalue weighted by atomic mass is 10.0. The normalized spacial score (nSPS) is 27.0. The van der Waals surface area contributed by atoms with Gasteiger partial charge in [0.2, 0.25) is 0 Å². The van der Waals surface area contributed by atoms with Crippen molar-refractivity contribution in [3.8, 4) is 0 Å². The Morgan fingerprint density at radius 2 is 2.14 bits per heavy atom. The lowest BCUT2D eigenvalue weighted by Gasteiger charge is -2.20. The van der Waals surface area contributed by atoms with Crippen LogP contribution < -0.4 is 5.32 Å². The quantitative estimate of drug-likeness (QED) is 0.505. The molecule has 0 saturated carbocycles. The Balaban J connectivity index is 1.92. The van der Waals surface area contributed by atoms with Crippen LogP contribution in [0.1, 0.15) is 25.7 Å². The van der Waals surface area contributed by atoms with Crippen LogP contribution in [0.4, 0.5) is 0 Å². The highest BCUT2D eigenvalue weighted by Crippen LogP contribution is 2.16. The molecule has 0 aliphatic carbocycles. The summed E-state index contributed by atoms with van der Waals surface area (Å²) in [7, 11) is 0. The molecular weight excluding hydrogens is 182 g/mol. The summed E-state index contributed by atoms with van der Waals surface area (Å²) in [5.41, 5.74) is -0.642. The molecule has 1 unspecified atom stereocenters. The van der Waals surface area contributed by atoms with Crippen LogP contribution >= 0.6 is 0 Å². The van der Waals surface area contributed by atoms with Gasteiger partial charge in [0, 0.05) is 26.2 Å². The Hall–Kier alpha value is -0.160. The molecule has 0 radical (unpaired) electrons. The van der Waals surface area contributed by atoms with Gasteiger partial charge in [-0.2, -0.15) is 0 Å². The average molecular weight is 203 g/mol. The predicted molar refractivity (Wildman–Crippen MR) is 54.2 cm³/mol.